The zero-order valence-electron chi connectivity index (χ0n) is 6.65. The van der Waals surface area contributed by atoms with Crippen LogP contribution in [-0.2, 0) is 0 Å². The predicted molar refractivity (Wildman–Crippen MR) is 44.4 cm³/mol. The Balaban J connectivity index is 2.55. The number of nitrogens with zero attached hydrogens (tertiary/aromatic N) is 3. The van der Waals surface area contributed by atoms with Gasteiger partial charge < -0.3 is 0 Å². The molecule has 12 heavy (non-hydrogen) atoms. The van der Waals surface area contributed by atoms with Gasteiger partial charge >= 0.3 is 0 Å². The molecule has 1 N–H and O–H groups in total. The van der Waals surface area contributed by atoms with E-state index in [1.807, 2.05) is 19.1 Å². The van der Waals surface area contributed by atoms with Crippen molar-refractivity contribution in [3.05, 3.63) is 30.2 Å². The fraction of sp³-hybridized carbons (Fsp3) is 0.125. The van der Waals surface area contributed by atoms with Gasteiger partial charge in [0, 0.05) is 6.20 Å². The van der Waals surface area contributed by atoms with E-state index in [-0.39, 0.29) is 0 Å². The summed E-state index contributed by atoms with van der Waals surface area (Å²) in [5.74, 6) is 0.716. The first-order valence-corrected chi connectivity index (χ1v) is 3.65. The standard InChI is InChI=1S/C8H8N4/c1-6-3-2-4-9-7(6)8-10-5-11-12-8/h2-5H,1H3,(H,10,11,12). The molecule has 2 rings (SSSR count). The van der Waals surface area contributed by atoms with Gasteiger partial charge in [-0.15, -0.1) is 0 Å². The zero-order chi connectivity index (χ0) is 8.39. The molecule has 0 bridgehead atoms. The van der Waals surface area contributed by atoms with Crippen molar-refractivity contribution in [3.8, 4) is 11.5 Å². The molecular formula is C8H8N4. The predicted octanol–water partition coefficient (Wildman–Crippen LogP) is 1.18. The van der Waals surface area contributed by atoms with Crippen LogP contribution in [0, 0.1) is 6.92 Å². The molecule has 60 valence electrons. The molecule has 4 heteroatoms. The number of aryl methyl sites for hydroxylation is 1. The summed E-state index contributed by atoms with van der Waals surface area (Å²) in [6.45, 7) is 1.99. The largest absolute Gasteiger partial charge is 0.258 e. The smallest absolute Gasteiger partial charge is 0.174 e. The van der Waals surface area contributed by atoms with Gasteiger partial charge in [-0.1, -0.05) is 6.07 Å². The second kappa shape index (κ2) is 2.73. The molecular weight excluding hydrogens is 152 g/mol. The number of hydrogen-bond acceptors (Lipinski definition) is 3. The summed E-state index contributed by atoms with van der Waals surface area (Å²) in [6.07, 6.45) is 3.22. The Morgan fingerprint density at radius 1 is 1.33 bits per heavy atom. The van der Waals surface area contributed by atoms with Gasteiger partial charge in [-0.05, 0) is 18.6 Å². The lowest BCUT2D eigenvalue weighted by atomic mass is 10.2. The van der Waals surface area contributed by atoms with Crippen LogP contribution in [0.2, 0.25) is 0 Å². The molecule has 0 aliphatic heterocycles. The van der Waals surface area contributed by atoms with Crippen LogP contribution >= 0.6 is 0 Å². The minimum atomic E-state index is 0.716. The average molecular weight is 160 g/mol. The second-order valence-corrected chi connectivity index (χ2v) is 2.50. The summed E-state index contributed by atoms with van der Waals surface area (Å²) in [5.41, 5.74) is 1.95. The fourth-order valence-corrected chi connectivity index (χ4v) is 1.05. The molecule has 2 aromatic rings. The Labute approximate surface area is 69.7 Å². The highest BCUT2D eigenvalue weighted by Gasteiger charge is 2.03. The zero-order valence-corrected chi connectivity index (χ0v) is 6.65. The van der Waals surface area contributed by atoms with Crippen molar-refractivity contribution in [1.29, 1.82) is 0 Å². The van der Waals surface area contributed by atoms with Crippen molar-refractivity contribution in [2.45, 2.75) is 6.92 Å². The van der Waals surface area contributed by atoms with E-state index in [4.69, 9.17) is 0 Å². The maximum atomic E-state index is 4.19. The van der Waals surface area contributed by atoms with Crippen LogP contribution in [0.4, 0.5) is 0 Å². The van der Waals surface area contributed by atoms with E-state index in [1.165, 1.54) is 6.33 Å². The van der Waals surface area contributed by atoms with Crippen molar-refractivity contribution < 1.29 is 0 Å². The van der Waals surface area contributed by atoms with Crippen LogP contribution in [-0.4, -0.2) is 20.2 Å². The molecule has 2 aromatic heterocycles. The van der Waals surface area contributed by atoms with Crippen LogP contribution < -0.4 is 0 Å². The van der Waals surface area contributed by atoms with Gasteiger partial charge in [-0.25, -0.2) is 4.98 Å². The minimum absolute atomic E-state index is 0.716. The first-order valence-electron chi connectivity index (χ1n) is 3.65. The molecule has 0 atom stereocenters. The molecule has 0 aromatic carbocycles. The molecule has 0 amide bonds. The van der Waals surface area contributed by atoms with Gasteiger partial charge in [-0.3, -0.25) is 10.1 Å². The lowest BCUT2D eigenvalue weighted by Gasteiger charge is -1.97. The normalized spacial score (nSPS) is 10.1. The maximum Gasteiger partial charge on any atom is 0.174 e. The third kappa shape index (κ3) is 1.07. The van der Waals surface area contributed by atoms with Gasteiger partial charge in [-0.2, -0.15) is 5.10 Å². The highest BCUT2D eigenvalue weighted by Crippen LogP contribution is 2.13. The number of rotatable bonds is 1. The Morgan fingerprint density at radius 2 is 2.25 bits per heavy atom. The van der Waals surface area contributed by atoms with E-state index < -0.39 is 0 Å². The maximum absolute atomic E-state index is 4.19. The SMILES string of the molecule is Cc1cccnc1-c1ncn[nH]1. The Kier molecular flexibility index (Phi) is 1.59. The summed E-state index contributed by atoms with van der Waals surface area (Å²) < 4.78 is 0. The molecule has 0 spiro atoms. The van der Waals surface area contributed by atoms with Gasteiger partial charge in [0.25, 0.3) is 0 Å². The Morgan fingerprint density at radius 3 is 2.92 bits per heavy atom. The van der Waals surface area contributed by atoms with Crippen molar-refractivity contribution in [2.24, 2.45) is 0 Å². The molecule has 0 radical (unpaired) electrons. The van der Waals surface area contributed by atoms with Crippen LogP contribution in [0.5, 0.6) is 0 Å². The summed E-state index contributed by atoms with van der Waals surface area (Å²) in [6, 6.07) is 3.89. The number of aromatic nitrogens is 4. The van der Waals surface area contributed by atoms with Crippen LogP contribution in [0.25, 0.3) is 11.5 Å². The van der Waals surface area contributed by atoms with E-state index in [2.05, 4.69) is 20.2 Å². The van der Waals surface area contributed by atoms with Crippen molar-refractivity contribution in [1.82, 2.24) is 20.2 Å². The van der Waals surface area contributed by atoms with E-state index >= 15 is 0 Å². The number of aromatic amines is 1. The summed E-state index contributed by atoms with van der Waals surface area (Å²) in [7, 11) is 0. The quantitative estimate of drug-likeness (QED) is 0.681. The highest BCUT2D eigenvalue weighted by atomic mass is 15.2. The molecule has 2 heterocycles. The highest BCUT2D eigenvalue weighted by molar-refractivity contribution is 5.52. The van der Waals surface area contributed by atoms with Crippen LogP contribution in [0.3, 0.4) is 0 Å². The third-order valence-corrected chi connectivity index (χ3v) is 1.65. The Bertz CT molecular complexity index is 366. The van der Waals surface area contributed by atoms with E-state index in [1.54, 1.807) is 6.20 Å². The summed E-state index contributed by atoms with van der Waals surface area (Å²) >= 11 is 0. The lowest BCUT2D eigenvalue weighted by molar-refractivity contribution is 1.08. The van der Waals surface area contributed by atoms with Gasteiger partial charge in [0.2, 0.25) is 0 Å². The van der Waals surface area contributed by atoms with Crippen LogP contribution in [0.15, 0.2) is 24.7 Å². The number of nitrogens with one attached hydrogen (secondary N) is 1. The third-order valence-electron chi connectivity index (χ3n) is 1.65. The van der Waals surface area contributed by atoms with Crippen molar-refractivity contribution >= 4 is 0 Å². The lowest BCUT2D eigenvalue weighted by Crippen LogP contribution is -1.88. The molecule has 0 aliphatic carbocycles. The average Bonchev–Trinajstić information content (AvgIpc) is 2.57. The fourth-order valence-electron chi connectivity index (χ4n) is 1.05. The summed E-state index contributed by atoms with van der Waals surface area (Å²) in [5, 5.41) is 6.53. The molecule has 4 nitrogen and oxygen atoms in total. The van der Waals surface area contributed by atoms with Gasteiger partial charge in [0.15, 0.2) is 5.82 Å². The molecule has 0 saturated carbocycles. The second-order valence-electron chi connectivity index (χ2n) is 2.50. The summed E-state index contributed by atoms with van der Waals surface area (Å²) in [4.78, 5) is 8.21. The van der Waals surface area contributed by atoms with Crippen LogP contribution in [0.1, 0.15) is 5.56 Å². The van der Waals surface area contributed by atoms with E-state index in [0.717, 1.165) is 11.3 Å². The number of pyridine rings is 1. The van der Waals surface area contributed by atoms with Crippen molar-refractivity contribution in [2.75, 3.05) is 0 Å². The number of H-pyrrole nitrogens is 1. The Hall–Kier alpha value is -1.71. The molecule has 0 aliphatic rings. The first kappa shape index (κ1) is 6.97. The molecule has 0 saturated heterocycles. The first-order chi connectivity index (χ1) is 5.88. The number of hydrogen-bond donors (Lipinski definition) is 1. The molecule has 0 unspecified atom stereocenters. The van der Waals surface area contributed by atoms with E-state index in [9.17, 15) is 0 Å². The topological polar surface area (TPSA) is 54.5 Å². The van der Waals surface area contributed by atoms with E-state index in [0.29, 0.717) is 5.82 Å². The van der Waals surface area contributed by atoms with Crippen molar-refractivity contribution in [3.63, 3.8) is 0 Å². The molecule has 0 fully saturated rings. The van der Waals surface area contributed by atoms with Gasteiger partial charge in [0.1, 0.15) is 12.0 Å². The minimum Gasteiger partial charge on any atom is -0.258 e. The van der Waals surface area contributed by atoms with Gasteiger partial charge in [0.05, 0.1) is 0 Å². The monoisotopic (exact) mass is 160 g/mol.